The highest BCUT2D eigenvalue weighted by Crippen LogP contribution is 2.27. The second-order valence-electron chi connectivity index (χ2n) is 7.03. The molecule has 0 unspecified atom stereocenters. The molecule has 1 heterocycles. The van der Waals surface area contributed by atoms with Gasteiger partial charge in [-0.25, -0.2) is 9.69 Å². The van der Waals surface area contributed by atoms with Crippen LogP contribution in [0.1, 0.15) is 25.3 Å². The third-order valence-electron chi connectivity index (χ3n) is 4.72. The molecule has 1 atom stereocenters. The average molecular weight is 393 g/mol. The lowest BCUT2D eigenvalue weighted by Gasteiger charge is -2.31. The van der Waals surface area contributed by atoms with Crippen LogP contribution in [0.4, 0.5) is 16.2 Å². The van der Waals surface area contributed by atoms with E-state index in [1.807, 2.05) is 24.3 Å². The number of methoxy groups -OCH3 is 1. The van der Waals surface area contributed by atoms with E-state index in [9.17, 15) is 14.4 Å². The lowest BCUT2D eigenvalue weighted by molar-refractivity contribution is -0.132. The van der Waals surface area contributed by atoms with Crippen molar-refractivity contribution in [1.29, 1.82) is 0 Å². The van der Waals surface area contributed by atoms with Crippen molar-refractivity contribution in [2.45, 2.75) is 19.8 Å². The summed E-state index contributed by atoms with van der Waals surface area (Å²) in [5, 5.41) is 5.23. The number of urea groups is 1. The summed E-state index contributed by atoms with van der Waals surface area (Å²) < 4.78 is 5.09. The van der Waals surface area contributed by atoms with Crippen molar-refractivity contribution >= 4 is 29.2 Å². The summed E-state index contributed by atoms with van der Waals surface area (Å²) in [7, 11) is 1.52. The first-order valence-corrected chi connectivity index (χ1v) is 9.20. The number of nitrogens with zero attached hydrogens (tertiary/aromatic N) is 1. The van der Waals surface area contributed by atoms with Crippen molar-refractivity contribution in [1.82, 2.24) is 5.32 Å². The van der Waals surface area contributed by atoms with Gasteiger partial charge in [0.25, 0.3) is 5.91 Å². The van der Waals surface area contributed by atoms with Gasteiger partial charge in [-0.1, -0.05) is 32.6 Å². The molecule has 0 aliphatic carbocycles. The van der Waals surface area contributed by atoms with E-state index in [1.54, 1.807) is 24.3 Å². The molecule has 0 aromatic heterocycles. The molecule has 7 heteroatoms. The first kappa shape index (κ1) is 20.1. The number of ether oxygens (including phenoxy) is 1. The Morgan fingerprint density at radius 2 is 1.69 bits per heavy atom. The van der Waals surface area contributed by atoms with Gasteiger partial charge < -0.3 is 10.1 Å². The molecular formula is C22H23N3O4. The van der Waals surface area contributed by atoms with Gasteiger partial charge in [0.15, 0.2) is 5.92 Å². The predicted octanol–water partition coefficient (Wildman–Crippen LogP) is 3.64. The molecule has 4 amide bonds. The molecule has 0 radical (unpaired) electrons. The number of rotatable bonds is 6. The normalized spacial score (nSPS) is 16.6. The van der Waals surface area contributed by atoms with E-state index in [4.69, 9.17) is 4.74 Å². The maximum atomic E-state index is 13.0. The van der Waals surface area contributed by atoms with E-state index in [0.29, 0.717) is 23.0 Å². The summed E-state index contributed by atoms with van der Waals surface area (Å²) in [5.74, 6) is -1.63. The van der Waals surface area contributed by atoms with Crippen molar-refractivity contribution < 1.29 is 19.1 Å². The number of hydrogen-bond donors (Lipinski definition) is 2. The molecular weight excluding hydrogens is 370 g/mol. The standard InChI is InChI=1S/C22H23N3O4/c1-13(2)15-5-7-16(8-6-15)23-14(3)19-20(26)24-22(28)25(21(19)27)17-9-11-18(29-4)12-10-17/h5-13,19,23H,3H2,1-2,4H3,(H,24,26,28)/t19-/m0/s1. The van der Waals surface area contributed by atoms with E-state index in [-0.39, 0.29) is 5.70 Å². The molecule has 1 saturated heterocycles. The minimum absolute atomic E-state index is 0.191. The number of benzene rings is 2. The number of carbonyl (C=O) groups excluding carboxylic acids is 3. The molecule has 2 N–H and O–H groups in total. The van der Waals surface area contributed by atoms with Crippen LogP contribution < -0.4 is 20.3 Å². The SMILES string of the molecule is C=C(Nc1ccc(C(C)C)cc1)[C@H]1C(=O)NC(=O)N(c2ccc(OC)cc2)C1=O. The monoisotopic (exact) mass is 393 g/mol. The van der Waals surface area contributed by atoms with Crippen LogP contribution in [0.5, 0.6) is 5.75 Å². The summed E-state index contributed by atoms with van der Waals surface area (Å²) in [6.07, 6.45) is 0. The Bertz CT molecular complexity index is 949. The maximum absolute atomic E-state index is 13.0. The lowest BCUT2D eigenvalue weighted by Crippen LogP contribution is -2.59. The molecule has 29 heavy (non-hydrogen) atoms. The van der Waals surface area contributed by atoms with Gasteiger partial charge >= 0.3 is 6.03 Å². The second kappa shape index (κ2) is 8.18. The predicted molar refractivity (Wildman–Crippen MR) is 111 cm³/mol. The molecule has 1 aliphatic rings. The quantitative estimate of drug-likeness (QED) is 0.732. The Morgan fingerprint density at radius 3 is 2.24 bits per heavy atom. The van der Waals surface area contributed by atoms with Gasteiger partial charge in [-0.2, -0.15) is 0 Å². The van der Waals surface area contributed by atoms with Crippen LogP contribution in [-0.2, 0) is 9.59 Å². The second-order valence-corrected chi connectivity index (χ2v) is 7.03. The Morgan fingerprint density at radius 1 is 1.07 bits per heavy atom. The molecule has 2 aromatic rings. The van der Waals surface area contributed by atoms with Crippen molar-refractivity contribution in [3.8, 4) is 5.75 Å². The van der Waals surface area contributed by atoms with Crippen LogP contribution in [0.25, 0.3) is 0 Å². The van der Waals surface area contributed by atoms with Crippen LogP contribution in [0.15, 0.2) is 60.8 Å². The first-order valence-electron chi connectivity index (χ1n) is 9.20. The highest BCUT2D eigenvalue weighted by atomic mass is 16.5. The number of barbiturate groups is 1. The minimum Gasteiger partial charge on any atom is -0.497 e. The smallest absolute Gasteiger partial charge is 0.335 e. The molecule has 2 aromatic carbocycles. The third-order valence-corrected chi connectivity index (χ3v) is 4.72. The number of nitrogens with one attached hydrogen (secondary N) is 2. The highest BCUT2D eigenvalue weighted by Gasteiger charge is 2.43. The molecule has 0 saturated carbocycles. The van der Waals surface area contributed by atoms with Gasteiger partial charge in [-0.05, 0) is 47.9 Å². The van der Waals surface area contributed by atoms with E-state index in [0.717, 1.165) is 4.90 Å². The highest BCUT2D eigenvalue weighted by molar-refractivity contribution is 6.28. The van der Waals surface area contributed by atoms with Gasteiger partial charge in [0.05, 0.1) is 12.8 Å². The van der Waals surface area contributed by atoms with Crippen LogP contribution in [0, 0.1) is 5.92 Å². The summed E-state index contributed by atoms with van der Waals surface area (Å²) in [4.78, 5) is 38.6. The molecule has 0 bridgehead atoms. The number of anilines is 2. The number of hydrogen-bond acceptors (Lipinski definition) is 5. The van der Waals surface area contributed by atoms with Gasteiger partial charge in [-0.3, -0.25) is 14.9 Å². The third kappa shape index (κ3) is 4.13. The summed E-state index contributed by atoms with van der Waals surface area (Å²) in [6.45, 7) is 8.05. The van der Waals surface area contributed by atoms with E-state index >= 15 is 0 Å². The zero-order chi connectivity index (χ0) is 21.1. The minimum atomic E-state index is -1.24. The largest absolute Gasteiger partial charge is 0.497 e. The van der Waals surface area contributed by atoms with E-state index < -0.39 is 23.8 Å². The summed E-state index contributed by atoms with van der Waals surface area (Å²) >= 11 is 0. The van der Waals surface area contributed by atoms with E-state index in [1.165, 1.54) is 12.7 Å². The Hall–Kier alpha value is -3.61. The molecule has 0 spiro atoms. The Kier molecular flexibility index (Phi) is 5.68. The van der Waals surface area contributed by atoms with Gasteiger partial charge in [0.2, 0.25) is 5.91 Å². The fourth-order valence-corrected chi connectivity index (χ4v) is 3.07. The molecule has 7 nitrogen and oxygen atoms in total. The van der Waals surface area contributed by atoms with Crippen molar-refractivity contribution in [2.75, 3.05) is 17.3 Å². The van der Waals surface area contributed by atoms with Gasteiger partial charge in [0.1, 0.15) is 5.75 Å². The summed E-state index contributed by atoms with van der Waals surface area (Å²) in [6, 6.07) is 13.3. The molecule has 1 fully saturated rings. The van der Waals surface area contributed by atoms with Gasteiger partial charge in [-0.15, -0.1) is 0 Å². The van der Waals surface area contributed by atoms with Crippen molar-refractivity contribution in [3.63, 3.8) is 0 Å². The number of amides is 4. The van der Waals surface area contributed by atoms with Crippen molar-refractivity contribution in [3.05, 3.63) is 66.4 Å². The van der Waals surface area contributed by atoms with Crippen LogP contribution in [-0.4, -0.2) is 25.0 Å². The summed E-state index contributed by atoms with van der Waals surface area (Å²) in [5.41, 5.74) is 2.40. The fraction of sp³-hybridized carbons (Fsp3) is 0.227. The Labute approximate surface area is 169 Å². The molecule has 1 aliphatic heterocycles. The van der Waals surface area contributed by atoms with Crippen LogP contribution >= 0.6 is 0 Å². The van der Waals surface area contributed by atoms with Crippen molar-refractivity contribution in [2.24, 2.45) is 5.92 Å². The number of imide groups is 2. The molecule has 3 rings (SSSR count). The first-order chi connectivity index (χ1) is 13.8. The number of carbonyl (C=O) groups is 3. The average Bonchev–Trinajstić information content (AvgIpc) is 2.68. The fourth-order valence-electron chi connectivity index (χ4n) is 3.07. The topological polar surface area (TPSA) is 87.7 Å². The van der Waals surface area contributed by atoms with Gasteiger partial charge in [0, 0.05) is 11.4 Å². The zero-order valence-corrected chi connectivity index (χ0v) is 16.6. The van der Waals surface area contributed by atoms with E-state index in [2.05, 4.69) is 31.1 Å². The zero-order valence-electron chi connectivity index (χ0n) is 16.6. The van der Waals surface area contributed by atoms with Crippen LogP contribution in [0.3, 0.4) is 0 Å². The Balaban J connectivity index is 1.81. The maximum Gasteiger partial charge on any atom is 0.335 e. The van der Waals surface area contributed by atoms with Crippen LogP contribution in [0.2, 0.25) is 0 Å². The molecule has 150 valence electrons. The lowest BCUT2D eigenvalue weighted by atomic mass is 10.00.